The average Bonchev–Trinajstić information content (AvgIpc) is 2.83. The van der Waals surface area contributed by atoms with Crippen molar-refractivity contribution < 1.29 is 9.90 Å². The number of hydrogen-bond donors (Lipinski definition) is 1. The standard InChI is InChI=1S/C15H21NO3/c1-3-10(2)16-13-6-4-5-11(13)9-12(15(16)19)7-8-14(17)18/h9-10H,3-8H2,1-2H3,(H,17,18). The van der Waals surface area contributed by atoms with Gasteiger partial charge in [0.05, 0.1) is 0 Å². The van der Waals surface area contributed by atoms with Gasteiger partial charge in [-0.2, -0.15) is 0 Å². The highest BCUT2D eigenvalue weighted by molar-refractivity contribution is 5.67. The molecule has 1 aromatic heterocycles. The van der Waals surface area contributed by atoms with E-state index in [1.807, 2.05) is 10.6 Å². The lowest BCUT2D eigenvalue weighted by atomic mass is 10.1. The van der Waals surface area contributed by atoms with Gasteiger partial charge in [0.25, 0.3) is 5.56 Å². The van der Waals surface area contributed by atoms with E-state index < -0.39 is 5.97 Å². The zero-order chi connectivity index (χ0) is 14.0. The minimum absolute atomic E-state index is 0.0104. The quantitative estimate of drug-likeness (QED) is 0.887. The first-order chi connectivity index (χ1) is 9.04. The van der Waals surface area contributed by atoms with Gasteiger partial charge in [-0.1, -0.05) is 6.92 Å². The molecule has 1 heterocycles. The highest BCUT2D eigenvalue weighted by Gasteiger charge is 2.21. The Balaban J connectivity index is 2.46. The Morgan fingerprint density at radius 1 is 1.47 bits per heavy atom. The molecule has 1 aromatic rings. The van der Waals surface area contributed by atoms with E-state index in [0.717, 1.165) is 25.7 Å². The van der Waals surface area contributed by atoms with E-state index in [0.29, 0.717) is 12.0 Å². The lowest BCUT2D eigenvalue weighted by molar-refractivity contribution is -0.136. The second-order valence-corrected chi connectivity index (χ2v) is 5.32. The summed E-state index contributed by atoms with van der Waals surface area (Å²) < 4.78 is 1.90. The summed E-state index contributed by atoms with van der Waals surface area (Å²) in [6, 6.07) is 2.12. The molecule has 1 aliphatic rings. The average molecular weight is 263 g/mol. The third kappa shape index (κ3) is 2.72. The fourth-order valence-corrected chi connectivity index (χ4v) is 2.80. The van der Waals surface area contributed by atoms with Gasteiger partial charge >= 0.3 is 5.97 Å². The summed E-state index contributed by atoms with van der Waals surface area (Å²) in [5.41, 5.74) is 3.07. The Labute approximate surface area is 113 Å². The molecule has 0 aliphatic heterocycles. The zero-order valence-electron chi connectivity index (χ0n) is 11.6. The first-order valence-electron chi connectivity index (χ1n) is 7.02. The van der Waals surface area contributed by atoms with Crippen LogP contribution in [0, 0.1) is 0 Å². The Kier molecular flexibility index (Phi) is 4.08. The summed E-state index contributed by atoms with van der Waals surface area (Å²) in [5.74, 6) is -0.852. The molecule has 1 unspecified atom stereocenters. The molecule has 0 fully saturated rings. The lowest BCUT2D eigenvalue weighted by Gasteiger charge is -2.19. The molecule has 0 radical (unpaired) electrons. The first-order valence-corrected chi connectivity index (χ1v) is 7.02. The third-order valence-corrected chi connectivity index (χ3v) is 4.00. The molecule has 104 valence electrons. The minimum Gasteiger partial charge on any atom is -0.481 e. The van der Waals surface area contributed by atoms with Gasteiger partial charge in [0.15, 0.2) is 0 Å². The number of hydrogen-bond acceptors (Lipinski definition) is 2. The van der Waals surface area contributed by atoms with Crippen molar-refractivity contribution in [3.63, 3.8) is 0 Å². The van der Waals surface area contributed by atoms with Crippen molar-refractivity contribution >= 4 is 5.97 Å². The molecule has 0 saturated heterocycles. The van der Waals surface area contributed by atoms with Crippen molar-refractivity contribution in [2.24, 2.45) is 0 Å². The van der Waals surface area contributed by atoms with Gasteiger partial charge in [-0.3, -0.25) is 9.59 Å². The second kappa shape index (κ2) is 5.59. The number of carboxylic acids is 1. The largest absolute Gasteiger partial charge is 0.481 e. The molecule has 0 aromatic carbocycles. The predicted molar refractivity (Wildman–Crippen MR) is 73.7 cm³/mol. The molecule has 4 nitrogen and oxygen atoms in total. The van der Waals surface area contributed by atoms with Crippen molar-refractivity contribution in [1.29, 1.82) is 0 Å². The molecule has 1 aliphatic carbocycles. The van der Waals surface area contributed by atoms with E-state index in [4.69, 9.17) is 5.11 Å². The topological polar surface area (TPSA) is 59.3 Å². The maximum Gasteiger partial charge on any atom is 0.303 e. The molecular weight excluding hydrogens is 242 g/mol. The van der Waals surface area contributed by atoms with Crippen LogP contribution < -0.4 is 5.56 Å². The summed E-state index contributed by atoms with van der Waals surface area (Å²) >= 11 is 0. The minimum atomic E-state index is -0.852. The summed E-state index contributed by atoms with van der Waals surface area (Å²) in [6.45, 7) is 4.13. The van der Waals surface area contributed by atoms with Gasteiger partial charge in [-0.05, 0) is 50.7 Å². The molecule has 0 spiro atoms. The summed E-state index contributed by atoms with van der Waals surface area (Å²) in [5, 5.41) is 8.77. The van der Waals surface area contributed by atoms with Crippen LogP contribution >= 0.6 is 0 Å². The van der Waals surface area contributed by atoms with Crippen LogP contribution in [0.15, 0.2) is 10.9 Å². The van der Waals surface area contributed by atoms with E-state index >= 15 is 0 Å². The van der Waals surface area contributed by atoms with E-state index in [2.05, 4.69) is 13.8 Å². The highest BCUT2D eigenvalue weighted by Crippen LogP contribution is 2.25. The highest BCUT2D eigenvalue weighted by atomic mass is 16.4. The normalized spacial score (nSPS) is 15.3. The van der Waals surface area contributed by atoms with E-state index in [9.17, 15) is 9.59 Å². The maximum atomic E-state index is 12.5. The fraction of sp³-hybridized carbons (Fsp3) is 0.600. The van der Waals surface area contributed by atoms with Crippen LogP contribution in [0.2, 0.25) is 0 Å². The lowest BCUT2D eigenvalue weighted by Crippen LogP contribution is -2.29. The van der Waals surface area contributed by atoms with Crippen LogP contribution in [0.5, 0.6) is 0 Å². The van der Waals surface area contributed by atoms with Gasteiger partial charge in [-0.15, -0.1) is 0 Å². The van der Waals surface area contributed by atoms with E-state index in [1.54, 1.807) is 0 Å². The number of fused-ring (bicyclic) bond motifs is 1. The molecule has 2 rings (SSSR count). The molecular formula is C15H21NO3. The van der Waals surface area contributed by atoms with Crippen LogP contribution in [0.4, 0.5) is 0 Å². The molecule has 0 saturated carbocycles. The van der Waals surface area contributed by atoms with Crippen LogP contribution in [-0.4, -0.2) is 15.6 Å². The van der Waals surface area contributed by atoms with Gasteiger partial charge in [0.1, 0.15) is 0 Å². The number of carbonyl (C=O) groups is 1. The zero-order valence-corrected chi connectivity index (χ0v) is 11.6. The van der Waals surface area contributed by atoms with Gasteiger partial charge < -0.3 is 9.67 Å². The van der Waals surface area contributed by atoms with Crippen LogP contribution in [0.3, 0.4) is 0 Å². The number of rotatable bonds is 5. The molecule has 19 heavy (non-hydrogen) atoms. The maximum absolute atomic E-state index is 12.5. The van der Waals surface area contributed by atoms with E-state index in [1.165, 1.54) is 11.3 Å². The Morgan fingerprint density at radius 2 is 2.21 bits per heavy atom. The summed E-state index contributed by atoms with van der Waals surface area (Å²) in [7, 11) is 0. The molecule has 0 amide bonds. The van der Waals surface area contributed by atoms with Crippen molar-refractivity contribution in [3.8, 4) is 0 Å². The fourth-order valence-electron chi connectivity index (χ4n) is 2.80. The Bertz CT molecular complexity index is 545. The Hall–Kier alpha value is -1.58. The van der Waals surface area contributed by atoms with Crippen molar-refractivity contribution in [2.45, 2.75) is 58.4 Å². The number of pyridine rings is 1. The number of aliphatic carboxylic acids is 1. The molecule has 4 heteroatoms. The van der Waals surface area contributed by atoms with Gasteiger partial charge in [0.2, 0.25) is 0 Å². The molecule has 1 atom stereocenters. The van der Waals surface area contributed by atoms with Crippen LogP contribution in [-0.2, 0) is 24.1 Å². The second-order valence-electron chi connectivity index (χ2n) is 5.32. The predicted octanol–water partition coefficient (Wildman–Crippen LogP) is 2.33. The number of nitrogens with zero attached hydrogens (tertiary/aromatic N) is 1. The third-order valence-electron chi connectivity index (χ3n) is 4.00. The first kappa shape index (κ1) is 13.8. The molecule has 1 N–H and O–H groups in total. The van der Waals surface area contributed by atoms with Crippen LogP contribution in [0.25, 0.3) is 0 Å². The monoisotopic (exact) mass is 263 g/mol. The number of aromatic nitrogens is 1. The van der Waals surface area contributed by atoms with Crippen LogP contribution in [0.1, 0.15) is 56.0 Å². The number of carboxylic acid groups (broad SMARTS) is 1. The Morgan fingerprint density at radius 3 is 2.84 bits per heavy atom. The summed E-state index contributed by atoms with van der Waals surface area (Å²) in [6.07, 6.45) is 4.33. The SMILES string of the molecule is CCC(C)n1c2c(cc(CCC(=O)O)c1=O)CCC2. The van der Waals surface area contributed by atoms with Gasteiger partial charge in [0, 0.05) is 23.7 Å². The molecule has 0 bridgehead atoms. The van der Waals surface area contributed by atoms with Crippen molar-refractivity contribution in [2.75, 3.05) is 0 Å². The summed E-state index contributed by atoms with van der Waals surface area (Å²) in [4.78, 5) is 23.2. The smallest absolute Gasteiger partial charge is 0.303 e. The van der Waals surface area contributed by atoms with Gasteiger partial charge in [-0.25, -0.2) is 0 Å². The number of aryl methyl sites for hydroxylation is 2. The van der Waals surface area contributed by atoms with Crippen molar-refractivity contribution in [3.05, 3.63) is 33.2 Å². The van der Waals surface area contributed by atoms with E-state index in [-0.39, 0.29) is 18.0 Å². The van der Waals surface area contributed by atoms with Crippen molar-refractivity contribution in [1.82, 2.24) is 4.57 Å².